The molecule has 0 saturated carbocycles. The van der Waals surface area contributed by atoms with Gasteiger partial charge in [0.1, 0.15) is 0 Å². The molecule has 1 N–H and O–H groups in total. The molecule has 2 rings (SSSR count). The summed E-state index contributed by atoms with van der Waals surface area (Å²) in [6.07, 6.45) is 8.40. The van der Waals surface area contributed by atoms with Gasteiger partial charge in [-0.2, -0.15) is 0 Å². The van der Waals surface area contributed by atoms with Crippen LogP contribution in [-0.2, 0) is 0 Å². The van der Waals surface area contributed by atoms with Gasteiger partial charge in [0.05, 0.1) is 0 Å². The fourth-order valence-electron chi connectivity index (χ4n) is 1.04. The van der Waals surface area contributed by atoms with Gasteiger partial charge < -0.3 is 5.32 Å². The summed E-state index contributed by atoms with van der Waals surface area (Å²) in [5.74, 6) is 0. The lowest BCUT2D eigenvalue weighted by Crippen LogP contribution is -1.99. The van der Waals surface area contributed by atoms with Crippen LogP contribution in [0.15, 0.2) is 35.6 Å². The van der Waals surface area contributed by atoms with Crippen LogP contribution in [0.2, 0.25) is 0 Å². The number of hydrogen-bond acceptors (Lipinski definition) is 1. The summed E-state index contributed by atoms with van der Waals surface area (Å²) in [6.45, 7) is 1.02. The van der Waals surface area contributed by atoms with Crippen molar-refractivity contribution in [3.05, 3.63) is 35.6 Å². The van der Waals surface area contributed by atoms with E-state index in [-0.39, 0.29) is 0 Å². The van der Waals surface area contributed by atoms with E-state index in [0.717, 1.165) is 6.54 Å². The maximum absolute atomic E-state index is 3.14. The molecular formula is C7H7N. The molecule has 1 aliphatic carbocycles. The van der Waals surface area contributed by atoms with E-state index in [4.69, 9.17) is 0 Å². The molecule has 1 heteroatoms. The van der Waals surface area contributed by atoms with Crippen LogP contribution in [0.1, 0.15) is 0 Å². The molecule has 0 fully saturated rings. The average molecular weight is 105 g/mol. The lowest BCUT2D eigenvalue weighted by molar-refractivity contribution is 1.01. The van der Waals surface area contributed by atoms with Crippen LogP contribution in [0.25, 0.3) is 0 Å². The quantitative estimate of drug-likeness (QED) is 0.484. The average Bonchev–Trinajstić information content (AvgIpc) is 2.15. The molecule has 0 spiro atoms. The number of nitrogens with one attached hydrogen (secondary N) is 1. The molecule has 0 bridgehead atoms. The van der Waals surface area contributed by atoms with Gasteiger partial charge >= 0.3 is 0 Å². The minimum absolute atomic E-state index is 1.02. The van der Waals surface area contributed by atoms with E-state index < -0.39 is 0 Å². The molecule has 2 aliphatic rings. The fourth-order valence-corrected chi connectivity index (χ4v) is 1.04. The zero-order valence-corrected chi connectivity index (χ0v) is 4.52. The van der Waals surface area contributed by atoms with E-state index in [9.17, 15) is 0 Å². The molecule has 1 heterocycles. The van der Waals surface area contributed by atoms with Gasteiger partial charge in [-0.1, -0.05) is 18.2 Å². The Morgan fingerprint density at radius 3 is 3.38 bits per heavy atom. The monoisotopic (exact) mass is 105 g/mol. The van der Waals surface area contributed by atoms with Crippen molar-refractivity contribution in [2.75, 3.05) is 6.54 Å². The van der Waals surface area contributed by atoms with Gasteiger partial charge in [-0.25, -0.2) is 0 Å². The second-order valence-electron chi connectivity index (χ2n) is 2.03. The van der Waals surface area contributed by atoms with E-state index in [2.05, 4.69) is 29.7 Å². The van der Waals surface area contributed by atoms with Gasteiger partial charge in [-0.05, 0) is 11.1 Å². The number of allylic oxidation sites excluding steroid dienone is 3. The highest BCUT2D eigenvalue weighted by atomic mass is 14.9. The minimum atomic E-state index is 1.02. The number of fused-ring (bicyclic) bond motifs is 1. The summed E-state index contributed by atoms with van der Waals surface area (Å²) in [4.78, 5) is 0. The van der Waals surface area contributed by atoms with Crippen LogP contribution in [0.4, 0.5) is 0 Å². The molecule has 0 radical (unpaired) electrons. The van der Waals surface area contributed by atoms with Crippen LogP contribution >= 0.6 is 0 Å². The topological polar surface area (TPSA) is 12.0 Å². The van der Waals surface area contributed by atoms with Crippen LogP contribution in [0.5, 0.6) is 0 Å². The van der Waals surface area contributed by atoms with E-state index in [1.807, 2.05) is 0 Å². The molecule has 0 saturated heterocycles. The maximum Gasteiger partial charge on any atom is 0.0402 e. The Hall–Kier alpha value is -0.980. The third kappa shape index (κ3) is 0.360. The zero-order chi connectivity index (χ0) is 5.40. The van der Waals surface area contributed by atoms with Gasteiger partial charge in [-0.15, -0.1) is 0 Å². The van der Waals surface area contributed by atoms with Crippen molar-refractivity contribution in [2.24, 2.45) is 0 Å². The Labute approximate surface area is 48.4 Å². The summed E-state index contributed by atoms with van der Waals surface area (Å²) in [6, 6.07) is 0. The summed E-state index contributed by atoms with van der Waals surface area (Å²) in [7, 11) is 0. The van der Waals surface area contributed by atoms with E-state index in [0.29, 0.717) is 0 Å². The van der Waals surface area contributed by atoms with Crippen molar-refractivity contribution in [3.8, 4) is 0 Å². The van der Waals surface area contributed by atoms with Gasteiger partial charge in [0, 0.05) is 12.7 Å². The van der Waals surface area contributed by atoms with Crippen molar-refractivity contribution < 1.29 is 0 Å². The lowest BCUT2D eigenvalue weighted by Gasteiger charge is -1.87. The molecule has 0 atom stereocenters. The van der Waals surface area contributed by atoms with E-state index >= 15 is 0 Å². The molecule has 1 nitrogen and oxygen atoms in total. The highest BCUT2D eigenvalue weighted by Crippen LogP contribution is 2.19. The van der Waals surface area contributed by atoms with Crippen LogP contribution in [0, 0.1) is 0 Å². The summed E-state index contributed by atoms with van der Waals surface area (Å²) >= 11 is 0. The number of rotatable bonds is 0. The van der Waals surface area contributed by atoms with Gasteiger partial charge in [0.15, 0.2) is 0 Å². The first-order valence-electron chi connectivity index (χ1n) is 2.78. The second kappa shape index (κ2) is 1.25. The molecule has 0 aromatic heterocycles. The summed E-state index contributed by atoms with van der Waals surface area (Å²) in [5.41, 5.74) is 2.77. The zero-order valence-electron chi connectivity index (χ0n) is 4.52. The fraction of sp³-hybridized carbons (Fsp3) is 0.143. The Morgan fingerprint density at radius 1 is 1.50 bits per heavy atom. The van der Waals surface area contributed by atoms with Crippen molar-refractivity contribution in [1.82, 2.24) is 5.32 Å². The summed E-state index contributed by atoms with van der Waals surface area (Å²) in [5, 5.41) is 3.14. The normalized spacial score (nSPS) is 22.0. The van der Waals surface area contributed by atoms with Crippen LogP contribution in [-0.4, -0.2) is 6.54 Å². The lowest BCUT2D eigenvalue weighted by atomic mass is 10.2. The largest absolute Gasteiger partial charge is 0.386 e. The molecule has 40 valence electrons. The first-order chi connectivity index (χ1) is 3.97. The predicted molar refractivity (Wildman–Crippen MR) is 33.3 cm³/mol. The van der Waals surface area contributed by atoms with Gasteiger partial charge in [0.25, 0.3) is 0 Å². The third-order valence-electron chi connectivity index (χ3n) is 1.49. The molecule has 0 aromatic rings. The Bertz CT molecular complexity index is 196. The van der Waals surface area contributed by atoms with Crippen LogP contribution in [0.3, 0.4) is 0 Å². The first-order valence-corrected chi connectivity index (χ1v) is 2.78. The summed E-state index contributed by atoms with van der Waals surface area (Å²) < 4.78 is 0. The molecular weight excluding hydrogens is 98.1 g/mol. The minimum Gasteiger partial charge on any atom is -0.386 e. The standard InChI is InChI=1S/C7H7N/c1-2-6-4-8-5-7(6)3-1/h1-4,8H,5H2. The van der Waals surface area contributed by atoms with Crippen molar-refractivity contribution >= 4 is 0 Å². The van der Waals surface area contributed by atoms with Crippen molar-refractivity contribution in [1.29, 1.82) is 0 Å². The van der Waals surface area contributed by atoms with Crippen LogP contribution < -0.4 is 5.32 Å². The van der Waals surface area contributed by atoms with Crippen molar-refractivity contribution in [2.45, 2.75) is 0 Å². The Morgan fingerprint density at radius 2 is 2.50 bits per heavy atom. The highest BCUT2D eigenvalue weighted by Gasteiger charge is 2.09. The number of hydrogen-bond donors (Lipinski definition) is 1. The molecule has 1 aliphatic heterocycles. The molecule has 8 heavy (non-hydrogen) atoms. The SMILES string of the molecule is C1=CC2=CNCC2=C1. The van der Waals surface area contributed by atoms with Gasteiger partial charge in [-0.3, -0.25) is 0 Å². The van der Waals surface area contributed by atoms with E-state index in [1.54, 1.807) is 0 Å². The first kappa shape index (κ1) is 3.96. The molecule has 0 aromatic carbocycles. The second-order valence-corrected chi connectivity index (χ2v) is 2.03. The predicted octanol–water partition coefficient (Wildman–Crippen LogP) is 0.970. The Balaban J connectivity index is 2.49. The van der Waals surface area contributed by atoms with Gasteiger partial charge in [0.2, 0.25) is 0 Å². The Kier molecular flexibility index (Phi) is 0.618. The van der Waals surface area contributed by atoms with Crippen molar-refractivity contribution in [3.63, 3.8) is 0 Å². The smallest absolute Gasteiger partial charge is 0.0402 e. The third-order valence-corrected chi connectivity index (χ3v) is 1.49. The molecule has 0 amide bonds. The maximum atomic E-state index is 3.14. The molecule has 0 unspecified atom stereocenters. The van der Waals surface area contributed by atoms with E-state index in [1.165, 1.54) is 11.1 Å². The highest BCUT2D eigenvalue weighted by molar-refractivity contribution is 5.51.